The Morgan fingerprint density at radius 2 is 1.87 bits per heavy atom. The average Bonchev–Trinajstić information content (AvgIpc) is 2.66. The van der Waals surface area contributed by atoms with E-state index >= 15 is 0 Å². The van der Waals surface area contributed by atoms with Gasteiger partial charge >= 0.3 is 12.1 Å². The maximum Gasteiger partial charge on any atom is 0.416 e. The molecule has 0 aliphatic heterocycles. The number of hydrogen-bond acceptors (Lipinski definition) is 7. The van der Waals surface area contributed by atoms with Crippen LogP contribution in [0.5, 0.6) is 11.5 Å². The van der Waals surface area contributed by atoms with Gasteiger partial charge in [-0.3, -0.25) is 10.1 Å². The van der Waals surface area contributed by atoms with E-state index in [0.29, 0.717) is 6.07 Å². The third kappa shape index (κ3) is 5.83. The summed E-state index contributed by atoms with van der Waals surface area (Å²) in [7, 11) is -3.69. The molecule has 2 rings (SSSR count). The Morgan fingerprint density at radius 1 is 1.20 bits per heavy atom. The Hall–Kier alpha value is -2.86. The second kappa shape index (κ2) is 8.88. The molecule has 0 aliphatic carbocycles. The van der Waals surface area contributed by atoms with E-state index in [9.17, 15) is 36.5 Å². The molecule has 0 saturated heterocycles. The number of ether oxygens (including phenoxy) is 2. The summed E-state index contributed by atoms with van der Waals surface area (Å²) in [6, 6.07) is 5.18. The lowest BCUT2D eigenvalue weighted by Gasteiger charge is -2.12. The molecule has 0 fully saturated rings. The number of carbonyl (C=O) groups is 1. The van der Waals surface area contributed by atoms with Crippen LogP contribution in [0.3, 0.4) is 0 Å². The Morgan fingerprint density at radius 3 is 2.40 bits per heavy atom. The van der Waals surface area contributed by atoms with Crippen molar-refractivity contribution in [2.75, 3.05) is 11.7 Å². The van der Waals surface area contributed by atoms with E-state index < -0.39 is 49.7 Å². The van der Waals surface area contributed by atoms with Crippen LogP contribution in [0.2, 0.25) is 5.02 Å². The molecular weight excluding hydrogens is 455 g/mol. The smallest absolute Gasteiger partial charge is 0.416 e. The third-order valence-corrected chi connectivity index (χ3v) is 5.33. The standard InChI is InChI=1S/C17H13ClF3NO7S/c1-2-30(26,27)9-28-16(23)12-8-11(4-5-14(12)22(24)25)29-15-6-3-10(7-13(15)18)17(19,20)21/h3-8H,2,9H2,1H3. The highest BCUT2D eigenvalue weighted by Gasteiger charge is 2.31. The van der Waals surface area contributed by atoms with Crippen molar-refractivity contribution in [1.82, 2.24) is 0 Å². The molecule has 0 heterocycles. The zero-order chi connectivity index (χ0) is 22.7. The molecule has 0 aliphatic rings. The van der Waals surface area contributed by atoms with Gasteiger partial charge in [0, 0.05) is 12.1 Å². The molecule has 0 atom stereocenters. The molecule has 162 valence electrons. The minimum Gasteiger partial charge on any atom is -0.456 e. The van der Waals surface area contributed by atoms with Crippen LogP contribution in [0.4, 0.5) is 18.9 Å². The molecule has 0 saturated carbocycles. The van der Waals surface area contributed by atoms with Crippen LogP contribution in [0.25, 0.3) is 0 Å². The van der Waals surface area contributed by atoms with E-state index in [-0.39, 0.29) is 22.3 Å². The molecule has 0 spiro atoms. The highest BCUT2D eigenvalue weighted by atomic mass is 35.5. The number of nitro groups is 1. The molecule has 0 radical (unpaired) electrons. The van der Waals surface area contributed by atoms with E-state index in [1.54, 1.807) is 0 Å². The molecule has 0 aromatic heterocycles. The van der Waals surface area contributed by atoms with E-state index in [2.05, 4.69) is 4.74 Å². The van der Waals surface area contributed by atoms with Gasteiger partial charge in [0.05, 0.1) is 21.3 Å². The molecule has 2 aromatic rings. The SMILES string of the molecule is CCS(=O)(=O)COC(=O)c1cc(Oc2ccc(C(F)(F)F)cc2Cl)ccc1[N+](=O)[O-]. The number of esters is 1. The first-order valence-corrected chi connectivity index (χ1v) is 10.2. The fraction of sp³-hybridized carbons (Fsp3) is 0.235. The topological polar surface area (TPSA) is 113 Å². The molecule has 8 nitrogen and oxygen atoms in total. The second-order valence-electron chi connectivity index (χ2n) is 5.76. The maximum absolute atomic E-state index is 12.7. The monoisotopic (exact) mass is 467 g/mol. The second-order valence-corrected chi connectivity index (χ2v) is 8.47. The Bertz CT molecular complexity index is 1090. The fourth-order valence-corrected chi connectivity index (χ4v) is 2.77. The van der Waals surface area contributed by atoms with Gasteiger partial charge in [0.15, 0.2) is 15.8 Å². The highest BCUT2D eigenvalue weighted by molar-refractivity contribution is 7.91. The van der Waals surface area contributed by atoms with Crippen LogP contribution >= 0.6 is 11.6 Å². The number of halogens is 4. The van der Waals surface area contributed by atoms with Crippen LogP contribution in [-0.2, 0) is 20.8 Å². The van der Waals surface area contributed by atoms with Crippen molar-refractivity contribution in [1.29, 1.82) is 0 Å². The van der Waals surface area contributed by atoms with Gasteiger partial charge in [-0.25, -0.2) is 13.2 Å². The predicted octanol–water partition coefficient (Wildman–Crippen LogP) is 4.61. The lowest BCUT2D eigenvalue weighted by molar-refractivity contribution is -0.385. The summed E-state index contributed by atoms with van der Waals surface area (Å²) in [6.07, 6.45) is -4.62. The van der Waals surface area contributed by atoms with Crippen molar-refractivity contribution < 1.29 is 40.8 Å². The van der Waals surface area contributed by atoms with Crippen molar-refractivity contribution in [2.24, 2.45) is 0 Å². The zero-order valence-corrected chi connectivity index (χ0v) is 16.7. The van der Waals surface area contributed by atoms with Gasteiger partial charge < -0.3 is 9.47 Å². The summed E-state index contributed by atoms with van der Waals surface area (Å²) in [5.41, 5.74) is -2.29. The summed E-state index contributed by atoms with van der Waals surface area (Å²) in [5, 5.41) is 10.8. The number of alkyl halides is 3. The van der Waals surface area contributed by atoms with Gasteiger partial charge in [-0.1, -0.05) is 18.5 Å². The van der Waals surface area contributed by atoms with Crippen molar-refractivity contribution in [3.63, 3.8) is 0 Å². The average molecular weight is 468 g/mol. The van der Waals surface area contributed by atoms with Crippen molar-refractivity contribution in [3.8, 4) is 11.5 Å². The summed E-state index contributed by atoms with van der Waals surface area (Å²) in [5.74, 6) is -2.95. The zero-order valence-electron chi connectivity index (χ0n) is 15.1. The summed E-state index contributed by atoms with van der Waals surface area (Å²) < 4.78 is 71.0. The normalized spacial score (nSPS) is 11.8. The Labute approximate surface area is 173 Å². The van der Waals surface area contributed by atoms with Crippen molar-refractivity contribution >= 4 is 33.1 Å². The number of nitrogens with zero attached hydrogens (tertiary/aromatic N) is 1. The molecule has 30 heavy (non-hydrogen) atoms. The van der Waals surface area contributed by atoms with Crippen molar-refractivity contribution in [3.05, 3.63) is 62.7 Å². The molecule has 0 unspecified atom stereocenters. The maximum atomic E-state index is 12.7. The summed E-state index contributed by atoms with van der Waals surface area (Å²) in [4.78, 5) is 22.4. The first kappa shape index (κ1) is 23.4. The Kier molecular flexibility index (Phi) is 6.93. The number of hydrogen-bond donors (Lipinski definition) is 0. The van der Waals surface area contributed by atoms with E-state index in [0.717, 1.165) is 30.3 Å². The number of rotatable bonds is 7. The highest BCUT2D eigenvalue weighted by Crippen LogP contribution is 2.37. The first-order chi connectivity index (χ1) is 13.8. The molecule has 2 aromatic carbocycles. The van der Waals surface area contributed by atoms with Crippen LogP contribution in [0, 0.1) is 10.1 Å². The van der Waals surface area contributed by atoms with Crippen LogP contribution in [0.1, 0.15) is 22.8 Å². The summed E-state index contributed by atoms with van der Waals surface area (Å²) in [6.45, 7) is 1.33. The van der Waals surface area contributed by atoms with Crippen LogP contribution in [0.15, 0.2) is 36.4 Å². The van der Waals surface area contributed by atoms with Gasteiger partial charge in [0.25, 0.3) is 5.69 Å². The molecule has 0 bridgehead atoms. The third-order valence-electron chi connectivity index (χ3n) is 3.68. The molecule has 0 N–H and O–H groups in total. The lowest BCUT2D eigenvalue weighted by Crippen LogP contribution is -2.17. The minimum absolute atomic E-state index is 0.174. The van der Waals surface area contributed by atoms with Gasteiger partial charge in [0.2, 0.25) is 0 Å². The fourth-order valence-electron chi connectivity index (χ4n) is 2.09. The van der Waals surface area contributed by atoms with Crippen molar-refractivity contribution in [2.45, 2.75) is 13.1 Å². The minimum atomic E-state index is -4.62. The van der Waals surface area contributed by atoms with Gasteiger partial charge in [-0.2, -0.15) is 13.2 Å². The molecule has 13 heteroatoms. The largest absolute Gasteiger partial charge is 0.456 e. The summed E-state index contributed by atoms with van der Waals surface area (Å²) >= 11 is 5.79. The number of benzene rings is 2. The van der Waals surface area contributed by atoms with Crippen LogP contribution < -0.4 is 4.74 Å². The first-order valence-electron chi connectivity index (χ1n) is 8.04. The van der Waals surface area contributed by atoms with Gasteiger partial charge in [-0.15, -0.1) is 0 Å². The van der Waals surface area contributed by atoms with Gasteiger partial charge in [-0.05, 0) is 24.3 Å². The molecular formula is C17H13ClF3NO7S. The number of sulfone groups is 1. The van der Waals surface area contributed by atoms with Crippen LogP contribution in [-0.4, -0.2) is 31.0 Å². The lowest BCUT2D eigenvalue weighted by atomic mass is 10.1. The van der Waals surface area contributed by atoms with E-state index in [1.807, 2.05) is 0 Å². The molecule has 0 amide bonds. The quantitative estimate of drug-likeness (QED) is 0.332. The Balaban J connectivity index is 2.34. The van der Waals surface area contributed by atoms with Gasteiger partial charge in [0.1, 0.15) is 17.1 Å². The number of carbonyl (C=O) groups excluding carboxylic acids is 1. The predicted molar refractivity (Wildman–Crippen MR) is 99.4 cm³/mol. The van der Waals surface area contributed by atoms with E-state index in [4.69, 9.17) is 16.3 Å². The number of nitro benzene ring substituents is 1. The van der Waals surface area contributed by atoms with E-state index in [1.165, 1.54) is 6.92 Å².